The summed E-state index contributed by atoms with van der Waals surface area (Å²) >= 11 is 0. The van der Waals surface area contributed by atoms with E-state index in [0.717, 1.165) is 37.0 Å². The molecule has 1 atom stereocenters. The van der Waals surface area contributed by atoms with Crippen LogP contribution in [0.2, 0.25) is 0 Å². The van der Waals surface area contributed by atoms with E-state index in [0.29, 0.717) is 5.92 Å². The van der Waals surface area contributed by atoms with Crippen molar-refractivity contribution in [1.82, 2.24) is 30.2 Å². The van der Waals surface area contributed by atoms with Crippen LogP contribution < -0.4 is 0 Å². The molecule has 2 fully saturated rings. The molecule has 20 heavy (non-hydrogen) atoms. The van der Waals surface area contributed by atoms with Crippen LogP contribution in [0.3, 0.4) is 0 Å². The Labute approximate surface area is 116 Å². The Balaban J connectivity index is 1.49. The summed E-state index contributed by atoms with van der Waals surface area (Å²) < 4.78 is 5.33. The molecule has 7 nitrogen and oxygen atoms in total. The standard InChI is InChI=1S/C13H18N6O/c1-2-6-19(10(3-1)12-14-8-15-17-12)7-11-16-13(20-18-11)9-4-5-9/h8-10H,1-7H2,(H,14,15,17)/t10-/m0/s1. The zero-order chi connectivity index (χ0) is 13.4. The summed E-state index contributed by atoms with van der Waals surface area (Å²) in [7, 11) is 0. The van der Waals surface area contributed by atoms with Crippen molar-refractivity contribution in [1.29, 1.82) is 0 Å². The number of hydrogen-bond acceptors (Lipinski definition) is 6. The van der Waals surface area contributed by atoms with E-state index in [1.807, 2.05) is 0 Å². The van der Waals surface area contributed by atoms with Gasteiger partial charge in [-0.15, -0.1) is 0 Å². The van der Waals surface area contributed by atoms with Crippen LogP contribution >= 0.6 is 0 Å². The highest BCUT2D eigenvalue weighted by Crippen LogP contribution is 2.39. The molecule has 0 bridgehead atoms. The zero-order valence-corrected chi connectivity index (χ0v) is 11.3. The van der Waals surface area contributed by atoms with Crippen LogP contribution in [0.15, 0.2) is 10.9 Å². The molecule has 2 aromatic rings. The first-order chi connectivity index (χ1) is 9.90. The molecule has 2 aliphatic rings. The number of H-pyrrole nitrogens is 1. The molecule has 1 N–H and O–H groups in total. The molecule has 4 rings (SSSR count). The molecule has 0 aromatic carbocycles. The molecule has 7 heteroatoms. The van der Waals surface area contributed by atoms with Gasteiger partial charge in [-0.1, -0.05) is 11.6 Å². The quantitative estimate of drug-likeness (QED) is 0.915. The zero-order valence-electron chi connectivity index (χ0n) is 11.3. The van der Waals surface area contributed by atoms with E-state index in [1.165, 1.54) is 25.7 Å². The molecule has 3 heterocycles. The van der Waals surface area contributed by atoms with Gasteiger partial charge in [0.15, 0.2) is 5.82 Å². The van der Waals surface area contributed by atoms with Crippen LogP contribution in [0.25, 0.3) is 0 Å². The summed E-state index contributed by atoms with van der Waals surface area (Å²) in [5, 5.41) is 11.1. The van der Waals surface area contributed by atoms with Crippen LogP contribution in [0.4, 0.5) is 0 Å². The Bertz CT molecular complexity index is 561. The number of nitrogens with one attached hydrogen (secondary N) is 1. The summed E-state index contributed by atoms with van der Waals surface area (Å²) in [6.45, 7) is 1.76. The summed E-state index contributed by atoms with van der Waals surface area (Å²) in [6, 6.07) is 0.286. The van der Waals surface area contributed by atoms with Gasteiger partial charge in [0, 0.05) is 5.92 Å². The molecule has 0 amide bonds. The predicted molar refractivity (Wildman–Crippen MR) is 69.7 cm³/mol. The van der Waals surface area contributed by atoms with Gasteiger partial charge in [-0.2, -0.15) is 10.1 Å². The van der Waals surface area contributed by atoms with Crippen LogP contribution in [-0.4, -0.2) is 36.8 Å². The van der Waals surface area contributed by atoms with Gasteiger partial charge in [-0.3, -0.25) is 10.00 Å². The smallest absolute Gasteiger partial charge is 0.229 e. The number of piperidine rings is 1. The van der Waals surface area contributed by atoms with Gasteiger partial charge in [0.25, 0.3) is 0 Å². The summed E-state index contributed by atoms with van der Waals surface area (Å²) in [5.41, 5.74) is 0. The molecule has 1 saturated carbocycles. The highest BCUT2D eigenvalue weighted by molar-refractivity contribution is 5.02. The van der Waals surface area contributed by atoms with E-state index in [-0.39, 0.29) is 6.04 Å². The van der Waals surface area contributed by atoms with Crippen molar-refractivity contribution in [2.45, 2.75) is 50.6 Å². The van der Waals surface area contributed by atoms with Gasteiger partial charge < -0.3 is 4.52 Å². The van der Waals surface area contributed by atoms with Gasteiger partial charge in [0.1, 0.15) is 12.2 Å². The topological polar surface area (TPSA) is 83.7 Å². The predicted octanol–water partition coefficient (Wildman–Crippen LogP) is 1.79. The molecule has 106 valence electrons. The average Bonchev–Trinajstić information content (AvgIpc) is 3.00. The normalized spacial score (nSPS) is 24.1. The summed E-state index contributed by atoms with van der Waals surface area (Å²) in [4.78, 5) is 11.2. The second kappa shape index (κ2) is 4.97. The summed E-state index contributed by atoms with van der Waals surface area (Å²) in [6.07, 6.45) is 7.47. The van der Waals surface area contributed by atoms with Crippen LogP contribution in [0.5, 0.6) is 0 Å². The molecular formula is C13H18N6O. The van der Waals surface area contributed by atoms with Gasteiger partial charge in [-0.25, -0.2) is 4.98 Å². The van der Waals surface area contributed by atoms with Crippen molar-refractivity contribution in [2.24, 2.45) is 0 Å². The van der Waals surface area contributed by atoms with E-state index in [1.54, 1.807) is 6.33 Å². The Morgan fingerprint density at radius 3 is 3.05 bits per heavy atom. The minimum atomic E-state index is 0.286. The van der Waals surface area contributed by atoms with Crippen LogP contribution in [0.1, 0.15) is 61.6 Å². The minimum absolute atomic E-state index is 0.286. The Hall–Kier alpha value is -1.76. The number of rotatable bonds is 4. The fraction of sp³-hybridized carbons (Fsp3) is 0.692. The van der Waals surface area contributed by atoms with Crippen molar-refractivity contribution >= 4 is 0 Å². The van der Waals surface area contributed by atoms with Crippen LogP contribution in [0, 0.1) is 0 Å². The molecular weight excluding hydrogens is 256 g/mol. The maximum Gasteiger partial charge on any atom is 0.229 e. The molecule has 1 aliphatic heterocycles. The third-order valence-electron chi connectivity index (χ3n) is 4.12. The Morgan fingerprint density at radius 2 is 2.25 bits per heavy atom. The van der Waals surface area contributed by atoms with Crippen molar-refractivity contribution in [3.05, 3.63) is 23.9 Å². The van der Waals surface area contributed by atoms with Gasteiger partial charge in [-0.05, 0) is 32.2 Å². The fourth-order valence-electron chi connectivity index (χ4n) is 2.87. The minimum Gasteiger partial charge on any atom is -0.339 e. The number of aromatic amines is 1. The van der Waals surface area contributed by atoms with Crippen LogP contribution in [-0.2, 0) is 6.54 Å². The lowest BCUT2D eigenvalue weighted by atomic mass is 10.0. The molecule has 1 saturated heterocycles. The average molecular weight is 274 g/mol. The number of aromatic nitrogens is 5. The van der Waals surface area contributed by atoms with Gasteiger partial charge in [0.2, 0.25) is 5.89 Å². The monoisotopic (exact) mass is 274 g/mol. The lowest BCUT2D eigenvalue weighted by Crippen LogP contribution is -2.34. The van der Waals surface area contributed by atoms with E-state index >= 15 is 0 Å². The third kappa shape index (κ3) is 2.33. The largest absolute Gasteiger partial charge is 0.339 e. The maximum atomic E-state index is 5.33. The van der Waals surface area contributed by atoms with Crippen molar-refractivity contribution < 1.29 is 4.52 Å². The SMILES string of the molecule is c1n[nH]c([C@@H]2CCCCN2Cc2noc(C3CC3)n2)n1. The van der Waals surface area contributed by atoms with Gasteiger partial charge in [0.05, 0.1) is 12.6 Å². The molecule has 0 spiro atoms. The van der Waals surface area contributed by atoms with Crippen molar-refractivity contribution in [3.8, 4) is 0 Å². The van der Waals surface area contributed by atoms with Crippen molar-refractivity contribution in [2.75, 3.05) is 6.54 Å². The first-order valence-electron chi connectivity index (χ1n) is 7.32. The molecule has 0 radical (unpaired) electrons. The highest BCUT2D eigenvalue weighted by atomic mass is 16.5. The third-order valence-corrected chi connectivity index (χ3v) is 4.12. The highest BCUT2D eigenvalue weighted by Gasteiger charge is 2.31. The second-order valence-electron chi connectivity index (χ2n) is 5.68. The maximum absolute atomic E-state index is 5.33. The van der Waals surface area contributed by atoms with E-state index in [9.17, 15) is 0 Å². The number of hydrogen-bond donors (Lipinski definition) is 1. The lowest BCUT2D eigenvalue weighted by Gasteiger charge is -2.33. The lowest BCUT2D eigenvalue weighted by molar-refractivity contribution is 0.129. The van der Waals surface area contributed by atoms with Crippen molar-refractivity contribution in [3.63, 3.8) is 0 Å². The first-order valence-corrected chi connectivity index (χ1v) is 7.32. The van der Waals surface area contributed by atoms with E-state index < -0.39 is 0 Å². The Morgan fingerprint density at radius 1 is 1.30 bits per heavy atom. The molecule has 1 aliphatic carbocycles. The summed E-state index contributed by atoms with van der Waals surface area (Å²) in [5.74, 6) is 3.06. The number of likely N-dealkylation sites (tertiary alicyclic amines) is 1. The number of nitrogens with zero attached hydrogens (tertiary/aromatic N) is 5. The Kier molecular flexibility index (Phi) is 2.99. The first kappa shape index (κ1) is 12.0. The molecule has 0 unspecified atom stereocenters. The van der Waals surface area contributed by atoms with Gasteiger partial charge >= 0.3 is 0 Å². The van der Waals surface area contributed by atoms with E-state index in [4.69, 9.17) is 4.52 Å². The van der Waals surface area contributed by atoms with E-state index in [2.05, 4.69) is 30.2 Å². The second-order valence-corrected chi connectivity index (χ2v) is 5.68. The molecule has 2 aromatic heterocycles. The fourth-order valence-corrected chi connectivity index (χ4v) is 2.87.